The van der Waals surface area contributed by atoms with Gasteiger partial charge in [-0.05, 0) is 73.2 Å². The van der Waals surface area contributed by atoms with Crippen LogP contribution in [0.5, 0.6) is 34.5 Å². The van der Waals surface area contributed by atoms with Gasteiger partial charge in [-0.3, -0.25) is 4.55 Å². The zero-order valence-corrected chi connectivity index (χ0v) is 34.5. The quantitative estimate of drug-likeness (QED) is 0.0499. The Bertz CT molecular complexity index is 1780. The Labute approximate surface area is 345 Å². The van der Waals surface area contributed by atoms with Crippen molar-refractivity contribution in [3.05, 3.63) is 96.1 Å². The molecule has 13 heteroatoms. The first-order valence-corrected chi connectivity index (χ1v) is 20.8. The number of phenols is 1. The molecule has 284 valence electrons. The minimum Gasteiger partial charge on any atom is -0.870 e. The van der Waals surface area contributed by atoms with Gasteiger partial charge in [-0.25, -0.2) is 8.42 Å². The molecule has 2 N–H and O–H groups in total. The molecule has 0 radical (unpaired) electrons. The number of rotatable bonds is 20. The monoisotopic (exact) mass is 794 g/mol. The number of phenolic OH excluding ortho intramolecular Hbond substituents is 1. The van der Waals surface area contributed by atoms with Crippen LogP contribution in [0.15, 0.2) is 94.7 Å². The van der Waals surface area contributed by atoms with Gasteiger partial charge < -0.3 is 24.2 Å². The molecule has 53 heavy (non-hydrogen) atoms. The van der Waals surface area contributed by atoms with E-state index in [-0.39, 0.29) is 76.3 Å². The molecule has 10 nitrogen and oxygen atoms in total. The van der Waals surface area contributed by atoms with Crippen LogP contribution in [0.25, 0.3) is 0 Å². The van der Waals surface area contributed by atoms with Gasteiger partial charge in [-0.15, -0.1) is 0 Å². The Kier molecular flexibility index (Phi) is 20.8. The van der Waals surface area contributed by atoms with Crippen LogP contribution in [0.1, 0.15) is 102 Å². The molecule has 0 unspecified atom stereocenters. The zero-order chi connectivity index (χ0) is 38.0. The van der Waals surface area contributed by atoms with E-state index in [0.717, 1.165) is 49.7 Å². The molecule has 0 heterocycles. The maximum atomic E-state index is 11.9. The van der Waals surface area contributed by atoms with Crippen LogP contribution < -0.4 is 14.6 Å². The Morgan fingerprint density at radius 3 is 1.49 bits per heavy atom. The molecule has 0 saturated carbocycles. The fourth-order valence-corrected chi connectivity index (χ4v) is 6.48. The predicted molar refractivity (Wildman–Crippen MR) is 205 cm³/mol. The molecule has 0 aliphatic rings. The Morgan fingerprint density at radius 2 is 1.00 bits per heavy atom. The fraction of sp³-hybridized carbons (Fsp3) is 0.400. The van der Waals surface area contributed by atoms with E-state index in [4.69, 9.17) is 9.47 Å². The van der Waals surface area contributed by atoms with Gasteiger partial charge in [0, 0.05) is 6.07 Å². The minimum absolute atomic E-state index is 0. The van der Waals surface area contributed by atoms with Crippen molar-refractivity contribution in [3.63, 3.8) is 0 Å². The standard InChI is InChI=1S/2C20H26O5S.Ca/c2*1-2-3-4-5-6-7-10-16-13-14-17(26(22,23)24)15-20(16)25-19-12-9-8-11-18(19)21;/h2*8-9,11-15,21H,2-7,10H2,1H3,(H,22,23,24);/q;;+2/p-2. The molecule has 4 aromatic rings. The first-order valence-electron chi connectivity index (χ1n) is 17.9. The van der Waals surface area contributed by atoms with Crippen molar-refractivity contribution in [1.29, 1.82) is 0 Å². The molecule has 0 spiro atoms. The van der Waals surface area contributed by atoms with Crippen LogP contribution in [0.2, 0.25) is 0 Å². The molecule has 4 aromatic carbocycles. The number of ether oxygens (including phenoxy) is 2. The van der Waals surface area contributed by atoms with Crippen molar-refractivity contribution in [2.75, 3.05) is 0 Å². The second-order valence-electron chi connectivity index (χ2n) is 12.6. The van der Waals surface area contributed by atoms with E-state index in [1.165, 1.54) is 87.4 Å². The van der Waals surface area contributed by atoms with Crippen molar-refractivity contribution in [2.45, 2.75) is 114 Å². The summed E-state index contributed by atoms with van der Waals surface area (Å²) in [6, 6.07) is 21.1. The number of aryl methyl sites for hydroxylation is 2. The normalized spacial score (nSPS) is 11.2. The van der Waals surface area contributed by atoms with Crippen molar-refractivity contribution in [3.8, 4) is 34.5 Å². The molecule has 0 bridgehead atoms. The molecule has 0 aromatic heterocycles. The Morgan fingerprint density at radius 1 is 0.566 bits per heavy atom. The summed E-state index contributed by atoms with van der Waals surface area (Å²) in [5.74, 6) is 0.596. The summed E-state index contributed by atoms with van der Waals surface area (Å²) in [7, 11) is -8.91. The van der Waals surface area contributed by atoms with Crippen molar-refractivity contribution < 1.29 is 45.6 Å². The predicted octanol–water partition coefficient (Wildman–Crippen LogP) is 9.31. The van der Waals surface area contributed by atoms with Gasteiger partial charge in [0.1, 0.15) is 27.4 Å². The molecule has 0 saturated heterocycles. The van der Waals surface area contributed by atoms with Gasteiger partial charge in [-0.1, -0.05) is 126 Å². The number of benzene rings is 4. The second kappa shape index (κ2) is 23.8. The average molecular weight is 795 g/mol. The van der Waals surface area contributed by atoms with E-state index in [1.54, 1.807) is 42.5 Å². The molecule has 0 atom stereocenters. The molecular weight excluding hydrogens is 745 g/mol. The van der Waals surface area contributed by atoms with E-state index in [0.29, 0.717) is 12.2 Å². The number of hydrogen-bond donors (Lipinski definition) is 2. The van der Waals surface area contributed by atoms with Gasteiger partial charge in [0.05, 0.1) is 9.79 Å². The number of unbranched alkanes of at least 4 members (excludes halogenated alkanes) is 10. The summed E-state index contributed by atoms with van der Waals surface area (Å²) < 4.78 is 77.5. The largest absolute Gasteiger partial charge is 2.00 e. The van der Waals surface area contributed by atoms with Crippen molar-refractivity contribution >= 4 is 58.0 Å². The topological polar surface area (TPSA) is 173 Å². The second-order valence-corrected chi connectivity index (χ2v) is 15.4. The summed E-state index contributed by atoms with van der Waals surface area (Å²) in [4.78, 5) is -0.586. The number of aromatic hydroxyl groups is 1. The van der Waals surface area contributed by atoms with Gasteiger partial charge in [0.15, 0.2) is 11.5 Å². The molecule has 0 fully saturated rings. The summed E-state index contributed by atoms with van der Waals surface area (Å²) in [5.41, 5.74) is 1.63. The maximum Gasteiger partial charge on any atom is 2.00 e. The zero-order valence-electron chi connectivity index (χ0n) is 30.7. The van der Waals surface area contributed by atoms with Gasteiger partial charge >= 0.3 is 37.7 Å². The third kappa shape index (κ3) is 16.6. The number of para-hydroxylation sites is 4. The Balaban J connectivity index is 0.000000360. The van der Waals surface area contributed by atoms with Crippen molar-refractivity contribution in [1.82, 2.24) is 0 Å². The van der Waals surface area contributed by atoms with Crippen LogP contribution >= 0.6 is 0 Å². The van der Waals surface area contributed by atoms with Crippen molar-refractivity contribution in [2.24, 2.45) is 0 Å². The third-order valence-electron chi connectivity index (χ3n) is 8.42. The van der Waals surface area contributed by atoms with Gasteiger partial charge in [0.25, 0.3) is 10.1 Å². The van der Waals surface area contributed by atoms with Crippen LogP contribution in [-0.2, 0) is 33.1 Å². The van der Waals surface area contributed by atoms with E-state index < -0.39 is 20.2 Å². The molecule has 4 rings (SSSR count). The van der Waals surface area contributed by atoms with Crippen LogP contribution in [0.3, 0.4) is 0 Å². The summed E-state index contributed by atoms with van der Waals surface area (Å²) >= 11 is 0. The maximum absolute atomic E-state index is 11.9. The molecule has 0 amide bonds. The number of hydrogen-bond acceptors (Lipinski definition) is 9. The molecule has 0 aliphatic heterocycles. The summed E-state index contributed by atoms with van der Waals surface area (Å²) in [5, 5.41) is 21.8. The smallest absolute Gasteiger partial charge is 0.870 e. The molecular formula is C40H50CaO10S2. The Hall–Kier alpha value is -2.84. The van der Waals surface area contributed by atoms with Crippen LogP contribution in [-0.4, -0.2) is 68.8 Å². The minimum atomic E-state index is -4.59. The summed E-state index contributed by atoms with van der Waals surface area (Å²) in [6.07, 6.45) is 15.1. The first-order chi connectivity index (χ1) is 24.8. The fourth-order valence-electron chi connectivity index (χ4n) is 5.50. The van der Waals surface area contributed by atoms with Crippen LogP contribution in [0.4, 0.5) is 0 Å². The van der Waals surface area contributed by atoms with Crippen LogP contribution in [0, 0.1) is 0 Å². The van der Waals surface area contributed by atoms with Gasteiger partial charge in [-0.2, -0.15) is 8.42 Å². The third-order valence-corrected chi connectivity index (χ3v) is 10.1. The SMILES string of the molecule is CCCCCCCCc1ccc(S(=O)(=O)O)cc1Oc1ccccc1O.CCCCCCCCc1ccc(S(=O)(=O)[O-])cc1Oc1ccccc1[O-].[Ca+2]. The van der Waals surface area contributed by atoms with E-state index in [9.17, 15) is 36.2 Å². The van der Waals surface area contributed by atoms with E-state index in [1.807, 2.05) is 0 Å². The van der Waals surface area contributed by atoms with Gasteiger partial charge in [0.2, 0.25) is 0 Å². The average Bonchev–Trinajstić information content (AvgIpc) is 3.10. The van der Waals surface area contributed by atoms with E-state index >= 15 is 0 Å². The first kappa shape index (κ1) is 46.3. The summed E-state index contributed by atoms with van der Waals surface area (Å²) in [6.45, 7) is 4.35. The van der Waals surface area contributed by atoms with E-state index in [2.05, 4.69) is 13.8 Å². The molecule has 0 aliphatic carbocycles.